The first kappa shape index (κ1) is 11.6. The number of hydrogen-bond donors (Lipinski definition) is 1. The molecule has 0 heterocycles. The fourth-order valence-electron chi connectivity index (χ4n) is 0.0833. The first-order chi connectivity index (χ1) is 3.12. The number of rotatable bonds is 2. The van der Waals surface area contributed by atoms with Crippen LogP contribution in [0.3, 0.4) is 0 Å². The molecule has 4 nitrogen and oxygen atoms in total. The molecule has 0 aromatic heterocycles. The average Bonchev–Trinajstić information content (AvgIpc) is 1.68. The van der Waals surface area contributed by atoms with Crippen LogP contribution in [0.25, 0.3) is 0 Å². The van der Waals surface area contributed by atoms with Crippen molar-refractivity contribution in [2.24, 2.45) is 0 Å². The first-order valence-electron chi connectivity index (χ1n) is 1.61. The van der Waals surface area contributed by atoms with Gasteiger partial charge < -0.3 is 1.43 Å². The van der Waals surface area contributed by atoms with E-state index in [9.17, 15) is 8.42 Å². The predicted octanol–water partition coefficient (Wildman–Crippen LogP) is -3.79. The summed E-state index contributed by atoms with van der Waals surface area (Å²) in [6.07, 6.45) is 0. The second-order valence-corrected chi connectivity index (χ2v) is 2.47. The first-order valence-corrected chi connectivity index (χ1v) is 3.02. The third-order valence-corrected chi connectivity index (χ3v) is 1.41. The van der Waals surface area contributed by atoms with E-state index in [4.69, 9.17) is 0 Å². The fourth-order valence-corrected chi connectivity index (χ4v) is 0.250. The normalized spacial score (nSPS) is 10.2. The van der Waals surface area contributed by atoms with Crippen LogP contribution in [0.5, 0.6) is 0 Å². The molecule has 0 amide bonds. The second kappa shape index (κ2) is 4.72. The van der Waals surface area contributed by atoms with E-state index >= 15 is 0 Å². The van der Waals surface area contributed by atoms with Crippen molar-refractivity contribution in [3.05, 3.63) is 0 Å². The topological polar surface area (TPSA) is 55.4 Å². The quantitative estimate of drug-likeness (QED) is 0.410. The van der Waals surface area contributed by atoms with Crippen LogP contribution in [0.2, 0.25) is 0 Å². The zero-order chi connectivity index (χ0) is 5.91. The predicted molar refractivity (Wildman–Crippen MR) is 26.1 cm³/mol. The summed E-state index contributed by atoms with van der Waals surface area (Å²) in [5.41, 5.74) is 0. The Morgan fingerprint density at radius 3 is 2.00 bits per heavy atom. The van der Waals surface area contributed by atoms with Gasteiger partial charge in [0.15, 0.2) is 0 Å². The summed E-state index contributed by atoms with van der Waals surface area (Å²) in [4.78, 5) is 0. The van der Waals surface area contributed by atoms with Crippen molar-refractivity contribution in [3.8, 4) is 0 Å². The van der Waals surface area contributed by atoms with Crippen LogP contribution < -0.4 is 34.3 Å². The molecule has 0 radical (unpaired) electrons. The molecule has 0 aromatic rings. The molecule has 0 rings (SSSR count). The SMILES string of the molecule is CNS(=O)(=O)OC.[H-].[Na+]. The van der Waals surface area contributed by atoms with Crippen molar-refractivity contribution in [3.63, 3.8) is 0 Å². The van der Waals surface area contributed by atoms with E-state index in [1.165, 1.54) is 7.05 Å². The molecular weight excluding hydrogens is 141 g/mol. The summed E-state index contributed by atoms with van der Waals surface area (Å²) in [6.45, 7) is 0. The van der Waals surface area contributed by atoms with Crippen molar-refractivity contribution < 1.29 is 43.6 Å². The zero-order valence-corrected chi connectivity index (χ0v) is 7.95. The van der Waals surface area contributed by atoms with Crippen LogP contribution in [-0.2, 0) is 14.5 Å². The van der Waals surface area contributed by atoms with E-state index in [1.807, 2.05) is 4.72 Å². The van der Waals surface area contributed by atoms with Gasteiger partial charge in [-0.1, -0.05) is 0 Å². The van der Waals surface area contributed by atoms with Crippen LogP contribution in [0, 0.1) is 0 Å². The van der Waals surface area contributed by atoms with E-state index < -0.39 is 10.3 Å². The smallest absolute Gasteiger partial charge is 1.00 e. The minimum Gasteiger partial charge on any atom is -1.00 e. The molecule has 0 bridgehead atoms. The van der Waals surface area contributed by atoms with Gasteiger partial charge in [-0.15, -0.1) is 0 Å². The Balaban J connectivity index is -0.000000180. The Bertz CT molecular complexity index is 125. The molecule has 0 saturated heterocycles. The molecule has 0 unspecified atom stereocenters. The van der Waals surface area contributed by atoms with E-state index in [-0.39, 0.29) is 31.0 Å². The van der Waals surface area contributed by atoms with Gasteiger partial charge >= 0.3 is 39.9 Å². The zero-order valence-electron chi connectivity index (χ0n) is 6.13. The largest absolute Gasteiger partial charge is 1.00 e. The molecule has 0 aliphatic carbocycles. The molecule has 0 fully saturated rings. The maximum atomic E-state index is 10.0. The van der Waals surface area contributed by atoms with Crippen molar-refractivity contribution in [1.82, 2.24) is 4.72 Å². The second-order valence-electron chi connectivity index (χ2n) is 0.825. The van der Waals surface area contributed by atoms with Gasteiger partial charge in [0.2, 0.25) is 0 Å². The summed E-state index contributed by atoms with van der Waals surface area (Å²) in [5.74, 6) is 0. The summed E-state index contributed by atoms with van der Waals surface area (Å²) >= 11 is 0. The maximum Gasteiger partial charge on any atom is 1.00 e. The Labute approximate surface area is 72.6 Å². The fraction of sp³-hybridized carbons (Fsp3) is 1.00. The van der Waals surface area contributed by atoms with E-state index in [0.717, 1.165) is 7.11 Å². The van der Waals surface area contributed by atoms with Crippen molar-refractivity contribution in [1.29, 1.82) is 0 Å². The third kappa shape index (κ3) is 5.02. The standard InChI is InChI=1S/C2H7NO3S.Na.H/c1-3-7(4,5)6-2;;/h3H,1-2H3;;/q;+1;-1. The monoisotopic (exact) mass is 149 g/mol. The number of hydrogen-bond acceptors (Lipinski definition) is 3. The van der Waals surface area contributed by atoms with Gasteiger partial charge in [0.05, 0.1) is 7.11 Å². The van der Waals surface area contributed by atoms with Crippen molar-refractivity contribution in [2.75, 3.05) is 14.2 Å². The summed E-state index contributed by atoms with van der Waals surface area (Å²) in [5, 5.41) is 0. The molecule has 0 aliphatic rings. The van der Waals surface area contributed by atoms with Gasteiger partial charge in [0.1, 0.15) is 0 Å². The minimum atomic E-state index is -3.41. The molecule has 46 valence electrons. The van der Waals surface area contributed by atoms with Gasteiger partial charge in [0, 0.05) is 7.05 Å². The molecular formula is C2H8NNaO3S. The van der Waals surface area contributed by atoms with Gasteiger partial charge in [-0.05, 0) is 0 Å². The molecule has 0 spiro atoms. The van der Waals surface area contributed by atoms with Crippen molar-refractivity contribution >= 4 is 10.3 Å². The molecule has 0 aromatic carbocycles. The van der Waals surface area contributed by atoms with Crippen LogP contribution in [0.4, 0.5) is 0 Å². The molecule has 8 heavy (non-hydrogen) atoms. The van der Waals surface area contributed by atoms with E-state index in [0.29, 0.717) is 0 Å². The Morgan fingerprint density at radius 2 is 2.00 bits per heavy atom. The van der Waals surface area contributed by atoms with Crippen LogP contribution in [0.15, 0.2) is 0 Å². The molecule has 0 aliphatic heterocycles. The summed E-state index contributed by atoms with van der Waals surface area (Å²) < 4.78 is 26.0. The van der Waals surface area contributed by atoms with Crippen LogP contribution >= 0.6 is 0 Å². The van der Waals surface area contributed by atoms with Crippen LogP contribution in [0.1, 0.15) is 1.43 Å². The van der Waals surface area contributed by atoms with E-state index in [2.05, 4.69) is 4.18 Å². The molecule has 1 N–H and O–H groups in total. The van der Waals surface area contributed by atoms with Gasteiger partial charge in [0.25, 0.3) is 0 Å². The van der Waals surface area contributed by atoms with Crippen molar-refractivity contribution in [2.45, 2.75) is 0 Å². The summed E-state index contributed by atoms with van der Waals surface area (Å²) in [6, 6.07) is 0. The molecule has 6 heteroatoms. The van der Waals surface area contributed by atoms with E-state index in [1.54, 1.807) is 0 Å². The summed E-state index contributed by atoms with van der Waals surface area (Å²) in [7, 11) is -1.04. The van der Waals surface area contributed by atoms with Gasteiger partial charge in [-0.3, -0.25) is 4.18 Å². The minimum absolute atomic E-state index is 0. The Kier molecular flexibility index (Phi) is 6.87. The molecule has 0 saturated carbocycles. The number of nitrogens with one attached hydrogen (secondary N) is 1. The van der Waals surface area contributed by atoms with Gasteiger partial charge in [-0.25, -0.2) is 0 Å². The third-order valence-electron chi connectivity index (χ3n) is 0.469. The maximum absolute atomic E-state index is 10.0. The molecule has 0 atom stereocenters. The Hall–Kier alpha value is 0.870. The Morgan fingerprint density at radius 1 is 1.62 bits per heavy atom. The average molecular weight is 149 g/mol. The van der Waals surface area contributed by atoms with Crippen LogP contribution in [-0.4, -0.2) is 22.6 Å². The van der Waals surface area contributed by atoms with Gasteiger partial charge in [-0.2, -0.15) is 13.1 Å².